The molecule has 1 saturated carbocycles. The largest absolute Gasteiger partial charge is 0.505 e. The van der Waals surface area contributed by atoms with E-state index in [2.05, 4.69) is 6.58 Å². The molecule has 0 N–H and O–H groups in total. The summed E-state index contributed by atoms with van der Waals surface area (Å²) in [5.41, 5.74) is 1.10. The van der Waals surface area contributed by atoms with E-state index >= 15 is 0 Å². The van der Waals surface area contributed by atoms with Gasteiger partial charge in [-0.2, -0.15) is 0 Å². The van der Waals surface area contributed by atoms with Gasteiger partial charge in [-0.15, -0.1) is 4.52 Å². The van der Waals surface area contributed by atoms with Gasteiger partial charge in [0.25, 0.3) is 0 Å². The molecule has 1 fully saturated rings. The molecule has 0 bridgehead atoms. The molecule has 0 spiro atoms. The average Bonchev–Trinajstić information content (AvgIpc) is 2.63. The van der Waals surface area contributed by atoms with E-state index < -0.39 is 8.03 Å². The third-order valence-electron chi connectivity index (χ3n) is 1.59. The van der Waals surface area contributed by atoms with Crippen molar-refractivity contribution in [3.63, 3.8) is 0 Å². The summed E-state index contributed by atoms with van der Waals surface area (Å²) in [6, 6.07) is 0. The predicted molar refractivity (Wildman–Crippen MR) is 41.3 cm³/mol. The Morgan fingerprint density at radius 1 is 1.80 bits per heavy atom. The highest BCUT2D eigenvalue weighted by atomic mass is 31.1. The van der Waals surface area contributed by atoms with Crippen molar-refractivity contribution in [1.82, 2.24) is 0 Å². The van der Waals surface area contributed by atoms with Gasteiger partial charge in [-0.05, 0) is 28.9 Å². The number of hydrogen-bond donors (Lipinski definition) is 0. The molecule has 0 heterocycles. The Hall–Kier alpha value is -0.200. The van der Waals surface area contributed by atoms with Crippen LogP contribution in [-0.2, 0) is 9.09 Å². The van der Waals surface area contributed by atoms with E-state index in [-0.39, 0.29) is 0 Å². The van der Waals surface area contributed by atoms with Crippen LogP contribution in [0.3, 0.4) is 0 Å². The van der Waals surface area contributed by atoms with Crippen LogP contribution in [-0.4, -0.2) is 13.3 Å². The topological polar surface area (TPSA) is 26.3 Å². The van der Waals surface area contributed by atoms with E-state index in [0.29, 0.717) is 12.5 Å². The number of rotatable bonds is 4. The van der Waals surface area contributed by atoms with E-state index in [1.165, 1.54) is 12.8 Å². The first-order valence-electron chi connectivity index (χ1n) is 3.41. The molecule has 1 unspecified atom stereocenters. The molecule has 56 valence electrons. The third kappa shape index (κ3) is 2.59. The van der Waals surface area contributed by atoms with Crippen molar-refractivity contribution in [3.8, 4) is 0 Å². The van der Waals surface area contributed by atoms with Gasteiger partial charge in [-0.3, -0.25) is 0 Å². The molecule has 0 aromatic rings. The summed E-state index contributed by atoms with van der Waals surface area (Å²) in [6.07, 6.45) is 2.48. The van der Waals surface area contributed by atoms with Gasteiger partial charge in [0.15, 0.2) is 6.66 Å². The van der Waals surface area contributed by atoms with Crippen molar-refractivity contribution < 1.29 is 9.09 Å². The zero-order valence-corrected chi connectivity index (χ0v) is 7.06. The maximum Gasteiger partial charge on any atom is 0.505 e. The minimum atomic E-state index is -1.44. The lowest BCUT2D eigenvalue weighted by Crippen LogP contribution is -1.92. The lowest BCUT2D eigenvalue weighted by molar-refractivity contribution is 0.359. The average molecular weight is 159 g/mol. The summed E-state index contributed by atoms with van der Waals surface area (Å²) < 4.78 is 15.4. The van der Waals surface area contributed by atoms with Crippen LogP contribution < -0.4 is 0 Å². The van der Waals surface area contributed by atoms with Crippen LogP contribution in [0.2, 0.25) is 0 Å². The summed E-state index contributed by atoms with van der Waals surface area (Å²) in [5, 5.41) is 0. The second-order valence-electron chi connectivity index (χ2n) is 2.65. The van der Waals surface area contributed by atoms with Crippen LogP contribution in [0, 0.1) is 5.92 Å². The molecule has 0 aromatic heterocycles. The fourth-order valence-corrected chi connectivity index (χ4v) is 1.13. The van der Waals surface area contributed by atoms with E-state index in [0.717, 1.165) is 5.57 Å². The van der Waals surface area contributed by atoms with Crippen LogP contribution in [0.1, 0.15) is 12.8 Å². The Morgan fingerprint density at radius 3 is 2.80 bits per heavy atom. The standard InChI is InChI=1S/C7H12O2P/c1-6(7-3-4-7)5-9-10(2)8/h7H,1,3-5H2,2H3/q+1. The molecule has 3 heteroatoms. The first-order valence-corrected chi connectivity index (χ1v) is 5.04. The minimum Gasteiger partial charge on any atom is -0.142 e. The molecule has 0 aliphatic heterocycles. The Morgan fingerprint density at radius 2 is 2.40 bits per heavy atom. The fraction of sp³-hybridized carbons (Fsp3) is 0.714. The maximum absolute atomic E-state index is 10.5. The summed E-state index contributed by atoms with van der Waals surface area (Å²) in [5.74, 6) is 0.662. The molecular weight excluding hydrogens is 147 g/mol. The molecule has 1 aliphatic rings. The zero-order valence-electron chi connectivity index (χ0n) is 6.17. The lowest BCUT2D eigenvalue weighted by atomic mass is 10.2. The van der Waals surface area contributed by atoms with Gasteiger partial charge in [0.2, 0.25) is 0 Å². The smallest absolute Gasteiger partial charge is 0.142 e. The van der Waals surface area contributed by atoms with Gasteiger partial charge in [0.1, 0.15) is 6.61 Å². The van der Waals surface area contributed by atoms with E-state index in [1.54, 1.807) is 6.66 Å². The fourth-order valence-electron chi connectivity index (χ4n) is 0.783. The van der Waals surface area contributed by atoms with Gasteiger partial charge in [-0.1, -0.05) is 6.58 Å². The molecule has 0 aromatic carbocycles. The normalized spacial score (nSPS) is 18.7. The van der Waals surface area contributed by atoms with Crippen LogP contribution in [0.5, 0.6) is 0 Å². The molecule has 0 radical (unpaired) electrons. The quantitative estimate of drug-likeness (QED) is 0.465. The van der Waals surface area contributed by atoms with Crippen LogP contribution >= 0.6 is 8.03 Å². The molecule has 10 heavy (non-hydrogen) atoms. The number of hydrogen-bond acceptors (Lipinski definition) is 2. The van der Waals surface area contributed by atoms with Crippen LogP contribution in [0.4, 0.5) is 0 Å². The Balaban J connectivity index is 2.12. The van der Waals surface area contributed by atoms with Gasteiger partial charge in [0, 0.05) is 0 Å². The first kappa shape index (κ1) is 7.90. The third-order valence-corrected chi connectivity index (χ3v) is 2.08. The molecular formula is C7H12O2P+. The van der Waals surface area contributed by atoms with Crippen LogP contribution in [0.15, 0.2) is 12.2 Å². The van der Waals surface area contributed by atoms with Crippen molar-refractivity contribution in [2.75, 3.05) is 13.3 Å². The molecule has 2 nitrogen and oxygen atoms in total. The summed E-state index contributed by atoms with van der Waals surface area (Å²) in [4.78, 5) is 0. The molecule has 0 saturated heterocycles. The van der Waals surface area contributed by atoms with Crippen molar-refractivity contribution in [2.45, 2.75) is 12.8 Å². The molecule has 0 amide bonds. The van der Waals surface area contributed by atoms with E-state index in [9.17, 15) is 4.57 Å². The minimum absolute atomic E-state index is 0.483. The van der Waals surface area contributed by atoms with Gasteiger partial charge < -0.3 is 0 Å². The molecule has 1 rings (SSSR count). The Labute approximate surface area is 62.1 Å². The second-order valence-corrected chi connectivity index (χ2v) is 3.78. The highest BCUT2D eigenvalue weighted by Gasteiger charge is 2.25. The predicted octanol–water partition coefficient (Wildman–Crippen LogP) is 2.34. The summed E-state index contributed by atoms with van der Waals surface area (Å²) >= 11 is 0. The van der Waals surface area contributed by atoms with Gasteiger partial charge in [-0.25, -0.2) is 0 Å². The van der Waals surface area contributed by atoms with E-state index in [4.69, 9.17) is 4.52 Å². The molecule has 1 atom stereocenters. The van der Waals surface area contributed by atoms with Crippen LogP contribution in [0.25, 0.3) is 0 Å². The first-order chi connectivity index (χ1) is 4.70. The van der Waals surface area contributed by atoms with Crippen molar-refractivity contribution in [3.05, 3.63) is 12.2 Å². The highest BCUT2D eigenvalue weighted by molar-refractivity contribution is 7.38. The van der Waals surface area contributed by atoms with Crippen molar-refractivity contribution in [2.24, 2.45) is 5.92 Å². The van der Waals surface area contributed by atoms with Gasteiger partial charge in [0.05, 0.1) is 0 Å². The van der Waals surface area contributed by atoms with Crippen molar-refractivity contribution in [1.29, 1.82) is 0 Å². The highest BCUT2D eigenvalue weighted by Crippen LogP contribution is 2.36. The monoisotopic (exact) mass is 159 g/mol. The second kappa shape index (κ2) is 3.27. The molecule has 1 aliphatic carbocycles. The lowest BCUT2D eigenvalue weighted by Gasteiger charge is -1.94. The Bertz CT molecular complexity index is 161. The zero-order chi connectivity index (χ0) is 7.56. The Kier molecular flexibility index (Phi) is 2.58. The van der Waals surface area contributed by atoms with Gasteiger partial charge >= 0.3 is 8.03 Å². The van der Waals surface area contributed by atoms with E-state index in [1.807, 2.05) is 0 Å². The van der Waals surface area contributed by atoms with Crippen molar-refractivity contribution >= 4 is 8.03 Å². The SMILES string of the molecule is C=C(CO[P+](C)=O)C1CC1. The maximum atomic E-state index is 10.5. The summed E-state index contributed by atoms with van der Waals surface area (Å²) in [6.45, 7) is 5.88. The summed E-state index contributed by atoms with van der Waals surface area (Å²) in [7, 11) is -1.44.